The van der Waals surface area contributed by atoms with E-state index in [1.165, 1.54) is 19.3 Å². The smallest absolute Gasteiger partial charge is 0.0334 e. The summed E-state index contributed by atoms with van der Waals surface area (Å²) in [5.41, 5.74) is 0.273. The summed E-state index contributed by atoms with van der Waals surface area (Å²) in [6.45, 7) is 16.2. The molecule has 0 spiro atoms. The first-order valence-corrected chi connectivity index (χ1v) is 7.47. The van der Waals surface area contributed by atoms with Gasteiger partial charge < -0.3 is 5.32 Å². The van der Waals surface area contributed by atoms with E-state index in [0.29, 0.717) is 6.04 Å². The standard InChI is InChI=1S/C15H34N2/c1-8-13(9-2)14(16-7)15(6,10-3)17(11-4)12-5/h13-14,16H,8-12H2,1-7H3. The second kappa shape index (κ2) is 8.10. The van der Waals surface area contributed by atoms with Crippen molar-refractivity contribution in [2.45, 2.75) is 72.4 Å². The number of likely N-dealkylation sites (N-methyl/N-ethyl adjacent to an activating group) is 2. The molecule has 0 aromatic heterocycles. The van der Waals surface area contributed by atoms with E-state index in [0.717, 1.165) is 19.0 Å². The second-order valence-corrected chi connectivity index (χ2v) is 5.23. The van der Waals surface area contributed by atoms with Gasteiger partial charge >= 0.3 is 0 Å². The van der Waals surface area contributed by atoms with Crippen molar-refractivity contribution in [1.82, 2.24) is 10.2 Å². The fourth-order valence-corrected chi connectivity index (χ4v) is 3.40. The molecule has 0 rings (SSSR count). The minimum atomic E-state index is 0.273. The molecule has 0 fully saturated rings. The molecule has 17 heavy (non-hydrogen) atoms. The Morgan fingerprint density at radius 1 is 1.00 bits per heavy atom. The fourth-order valence-electron chi connectivity index (χ4n) is 3.40. The summed E-state index contributed by atoms with van der Waals surface area (Å²) in [7, 11) is 2.13. The van der Waals surface area contributed by atoms with Gasteiger partial charge in [0.25, 0.3) is 0 Å². The average Bonchev–Trinajstić information content (AvgIpc) is 2.36. The van der Waals surface area contributed by atoms with Crippen LogP contribution in [0.25, 0.3) is 0 Å². The fraction of sp³-hybridized carbons (Fsp3) is 1.00. The second-order valence-electron chi connectivity index (χ2n) is 5.23. The Labute approximate surface area is 109 Å². The summed E-state index contributed by atoms with van der Waals surface area (Å²) in [5.74, 6) is 0.769. The van der Waals surface area contributed by atoms with E-state index in [1.807, 2.05) is 0 Å². The lowest BCUT2D eigenvalue weighted by atomic mass is 9.77. The van der Waals surface area contributed by atoms with Crippen molar-refractivity contribution in [3.05, 3.63) is 0 Å². The summed E-state index contributed by atoms with van der Waals surface area (Å²) < 4.78 is 0. The van der Waals surface area contributed by atoms with Gasteiger partial charge in [-0.05, 0) is 39.4 Å². The number of nitrogens with zero attached hydrogens (tertiary/aromatic N) is 1. The predicted molar refractivity (Wildman–Crippen MR) is 78.5 cm³/mol. The number of hydrogen-bond donors (Lipinski definition) is 1. The quantitative estimate of drug-likeness (QED) is 0.665. The summed E-state index contributed by atoms with van der Waals surface area (Å²) in [6.07, 6.45) is 3.73. The molecular weight excluding hydrogens is 208 g/mol. The zero-order chi connectivity index (χ0) is 13.5. The van der Waals surface area contributed by atoms with Gasteiger partial charge in [-0.1, -0.05) is 47.5 Å². The minimum Gasteiger partial charge on any atom is -0.315 e. The van der Waals surface area contributed by atoms with Crippen LogP contribution in [-0.4, -0.2) is 36.6 Å². The molecule has 2 unspecified atom stereocenters. The molecule has 2 nitrogen and oxygen atoms in total. The highest BCUT2D eigenvalue weighted by molar-refractivity contribution is 4.98. The van der Waals surface area contributed by atoms with Crippen molar-refractivity contribution in [3.63, 3.8) is 0 Å². The van der Waals surface area contributed by atoms with Gasteiger partial charge in [-0.25, -0.2) is 0 Å². The van der Waals surface area contributed by atoms with E-state index in [-0.39, 0.29) is 5.54 Å². The molecule has 0 saturated heterocycles. The molecule has 0 radical (unpaired) electrons. The zero-order valence-electron chi connectivity index (χ0n) is 13.1. The first kappa shape index (κ1) is 16.9. The van der Waals surface area contributed by atoms with Gasteiger partial charge in [-0.2, -0.15) is 0 Å². The van der Waals surface area contributed by atoms with Crippen molar-refractivity contribution in [2.75, 3.05) is 20.1 Å². The van der Waals surface area contributed by atoms with Crippen LogP contribution in [0, 0.1) is 5.92 Å². The van der Waals surface area contributed by atoms with Crippen LogP contribution < -0.4 is 5.32 Å². The van der Waals surface area contributed by atoms with E-state index in [2.05, 4.69) is 58.8 Å². The van der Waals surface area contributed by atoms with Gasteiger partial charge in [0.1, 0.15) is 0 Å². The predicted octanol–water partition coefficient (Wildman–Crippen LogP) is 3.52. The highest BCUT2D eigenvalue weighted by Gasteiger charge is 2.39. The highest BCUT2D eigenvalue weighted by Crippen LogP contribution is 2.30. The Bertz CT molecular complexity index is 185. The van der Waals surface area contributed by atoms with Gasteiger partial charge in [-0.15, -0.1) is 0 Å². The van der Waals surface area contributed by atoms with Crippen LogP contribution >= 0.6 is 0 Å². The maximum Gasteiger partial charge on any atom is 0.0334 e. The van der Waals surface area contributed by atoms with Gasteiger partial charge in [0, 0.05) is 11.6 Å². The number of hydrogen-bond acceptors (Lipinski definition) is 2. The molecule has 0 aliphatic heterocycles. The normalized spacial score (nSPS) is 17.5. The Balaban J connectivity index is 5.12. The summed E-state index contributed by atoms with van der Waals surface area (Å²) in [6, 6.07) is 0.586. The molecule has 0 saturated carbocycles. The van der Waals surface area contributed by atoms with Crippen LogP contribution in [0.5, 0.6) is 0 Å². The average molecular weight is 242 g/mol. The number of nitrogens with one attached hydrogen (secondary N) is 1. The third-order valence-electron chi connectivity index (χ3n) is 4.70. The largest absolute Gasteiger partial charge is 0.315 e. The minimum absolute atomic E-state index is 0.273. The molecule has 1 N–H and O–H groups in total. The summed E-state index contributed by atoms with van der Waals surface area (Å²) >= 11 is 0. The molecule has 0 aromatic rings. The first-order chi connectivity index (χ1) is 8.05. The molecule has 0 amide bonds. The van der Waals surface area contributed by atoms with Gasteiger partial charge in [0.05, 0.1) is 0 Å². The number of rotatable bonds is 9. The molecule has 0 aliphatic rings. The third kappa shape index (κ3) is 3.69. The monoisotopic (exact) mass is 242 g/mol. The van der Waals surface area contributed by atoms with Crippen LogP contribution in [0.3, 0.4) is 0 Å². The van der Waals surface area contributed by atoms with Crippen LogP contribution in [0.15, 0.2) is 0 Å². The van der Waals surface area contributed by atoms with Crippen molar-refractivity contribution in [1.29, 1.82) is 0 Å². The Morgan fingerprint density at radius 2 is 1.47 bits per heavy atom. The lowest BCUT2D eigenvalue weighted by Gasteiger charge is -2.48. The van der Waals surface area contributed by atoms with Crippen LogP contribution in [-0.2, 0) is 0 Å². The van der Waals surface area contributed by atoms with Gasteiger partial charge in [0.2, 0.25) is 0 Å². The topological polar surface area (TPSA) is 15.3 Å². The summed E-state index contributed by atoms with van der Waals surface area (Å²) in [4.78, 5) is 2.62. The maximum atomic E-state index is 3.60. The van der Waals surface area contributed by atoms with Crippen molar-refractivity contribution in [2.24, 2.45) is 5.92 Å². The maximum absolute atomic E-state index is 3.60. The molecule has 0 aromatic carbocycles. The Kier molecular flexibility index (Phi) is 8.06. The van der Waals surface area contributed by atoms with Crippen molar-refractivity contribution >= 4 is 0 Å². The van der Waals surface area contributed by atoms with Crippen molar-refractivity contribution in [3.8, 4) is 0 Å². The van der Waals surface area contributed by atoms with E-state index in [1.54, 1.807) is 0 Å². The molecule has 0 bridgehead atoms. The molecule has 0 heterocycles. The van der Waals surface area contributed by atoms with Crippen LogP contribution in [0.2, 0.25) is 0 Å². The molecular formula is C15H34N2. The SMILES string of the molecule is CCC(CC)C(NC)C(C)(CC)N(CC)CC. The van der Waals surface area contributed by atoms with Crippen molar-refractivity contribution < 1.29 is 0 Å². The molecule has 2 heteroatoms. The molecule has 0 aliphatic carbocycles. The highest BCUT2D eigenvalue weighted by atomic mass is 15.2. The van der Waals surface area contributed by atoms with Crippen LogP contribution in [0.1, 0.15) is 60.8 Å². The lowest BCUT2D eigenvalue weighted by Crippen LogP contribution is -2.61. The van der Waals surface area contributed by atoms with Gasteiger partial charge in [0.15, 0.2) is 0 Å². The third-order valence-corrected chi connectivity index (χ3v) is 4.70. The van der Waals surface area contributed by atoms with E-state index < -0.39 is 0 Å². The zero-order valence-corrected chi connectivity index (χ0v) is 13.1. The lowest BCUT2D eigenvalue weighted by molar-refractivity contribution is 0.0467. The molecule has 104 valence electrons. The van der Waals surface area contributed by atoms with E-state index in [4.69, 9.17) is 0 Å². The Hall–Kier alpha value is -0.0800. The van der Waals surface area contributed by atoms with Crippen LogP contribution in [0.4, 0.5) is 0 Å². The molecule has 2 atom stereocenters. The first-order valence-electron chi connectivity index (χ1n) is 7.47. The van der Waals surface area contributed by atoms with Gasteiger partial charge in [-0.3, -0.25) is 4.90 Å². The Morgan fingerprint density at radius 3 is 1.71 bits per heavy atom. The van der Waals surface area contributed by atoms with E-state index in [9.17, 15) is 0 Å². The van der Waals surface area contributed by atoms with E-state index >= 15 is 0 Å². The summed E-state index contributed by atoms with van der Waals surface area (Å²) in [5, 5.41) is 3.60.